The van der Waals surface area contributed by atoms with Gasteiger partial charge in [-0.3, -0.25) is 0 Å². The van der Waals surface area contributed by atoms with E-state index < -0.39 is 0 Å². The number of hydrazone groups is 1. The smallest absolute Gasteiger partial charge is 0.213 e. The SMILES string of the molecule is C=CCOc1ccc([C@@H]2Oc3ccc(Br)cc3[C@@H]3CC(c4ccc(OC)cc4)=NN32)cc1. The largest absolute Gasteiger partial charge is 0.497 e. The van der Waals surface area contributed by atoms with E-state index in [2.05, 4.69) is 45.7 Å². The van der Waals surface area contributed by atoms with Crippen LogP contribution < -0.4 is 14.2 Å². The molecule has 6 heteroatoms. The Hall–Kier alpha value is -3.25. The fourth-order valence-corrected chi connectivity index (χ4v) is 4.50. The maximum Gasteiger partial charge on any atom is 0.213 e. The fourth-order valence-electron chi connectivity index (χ4n) is 4.12. The normalized spacial score (nSPS) is 18.8. The topological polar surface area (TPSA) is 43.3 Å². The van der Waals surface area contributed by atoms with E-state index in [0.29, 0.717) is 6.61 Å². The van der Waals surface area contributed by atoms with Crippen molar-refractivity contribution in [1.82, 2.24) is 5.01 Å². The lowest BCUT2D eigenvalue weighted by Crippen LogP contribution is -2.33. The Morgan fingerprint density at radius 3 is 2.56 bits per heavy atom. The number of benzene rings is 3. The van der Waals surface area contributed by atoms with Crippen LogP contribution in [0.5, 0.6) is 17.2 Å². The molecule has 5 nitrogen and oxygen atoms in total. The molecule has 2 heterocycles. The molecular weight excluding hydrogens is 468 g/mol. The van der Waals surface area contributed by atoms with Crippen LogP contribution in [0.25, 0.3) is 0 Å². The van der Waals surface area contributed by atoms with Crippen LogP contribution in [-0.2, 0) is 0 Å². The predicted octanol–water partition coefficient (Wildman–Crippen LogP) is 6.26. The number of methoxy groups -OCH3 is 1. The van der Waals surface area contributed by atoms with Gasteiger partial charge in [0.1, 0.15) is 23.9 Å². The molecule has 2 aliphatic rings. The summed E-state index contributed by atoms with van der Waals surface area (Å²) in [6.45, 7) is 4.17. The summed E-state index contributed by atoms with van der Waals surface area (Å²) in [7, 11) is 1.67. The van der Waals surface area contributed by atoms with Crippen molar-refractivity contribution >= 4 is 21.6 Å². The second-order valence-corrected chi connectivity index (χ2v) is 8.61. The molecular formula is C26H23BrN2O3. The fraction of sp³-hybridized carbons (Fsp3) is 0.192. The zero-order chi connectivity index (χ0) is 22.1. The Labute approximate surface area is 196 Å². The molecule has 0 amide bonds. The molecule has 162 valence electrons. The molecule has 0 aliphatic carbocycles. The highest BCUT2D eigenvalue weighted by molar-refractivity contribution is 9.10. The van der Waals surface area contributed by atoms with Crippen molar-refractivity contribution in [3.63, 3.8) is 0 Å². The average molecular weight is 491 g/mol. The maximum absolute atomic E-state index is 6.45. The molecule has 0 saturated heterocycles. The standard InChI is InChI=1S/C26H23BrN2O3/c1-3-14-31-21-11-6-18(7-12-21)26-29-24(22-15-19(27)8-13-25(22)32-26)16-23(28-29)17-4-9-20(30-2)10-5-17/h3-13,15,24,26H,1,14,16H2,2H3/t24-,26-/m0/s1. The molecule has 3 aromatic rings. The molecule has 0 unspecified atom stereocenters. The number of hydrogen-bond donors (Lipinski definition) is 0. The lowest BCUT2D eigenvalue weighted by Gasteiger charge is -2.38. The quantitative estimate of drug-likeness (QED) is 0.382. The van der Waals surface area contributed by atoms with Crippen molar-refractivity contribution in [2.45, 2.75) is 18.7 Å². The second kappa shape index (κ2) is 8.71. The van der Waals surface area contributed by atoms with Crippen molar-refractivity contribution in [2.75, 3.05) is 13.7 Å². The summed E-state index contributed by atoms with van der Waals surface area (Å²) in [4.78, 5) is 0. The molecule has 0 spiro atoms. The second-order valence-electron chi connectivity index (χ2n) is 7.70. The van der Waals surface area contributed by atoms with Crippen LogP contribution in [0.3, 0.4) is 0 Å². The van der Waals surface area contributed by atoms with Crippen LogP contribution in [0.4, 0.5) is 0 Å². The minimum absolute atomic E-state index is 0.0926. The summed E-state index contributed by atoms with van der Waals surface area (Å²) in [5.41, 5.74) is 4.27. The highest BCUT2D eigenvalue weighted by atomic mass is 79.9. The van der Waals surface area contributed by atoms with E-state index in [1.807, 2.05) is 48.5 Å². The Kier molecular flexibility index (Phi) is 5.62. The van der Waals surface area contributed by atoms with Crippen molar-refractivity contribution in [3.8, 4) is 17.2 Å². The average Bonchev–Trinajstić information content (AvgIpc) is 3.29. The lowest BCUT2D eigenvalue weighted by molar-refractivity contribution is -0.0191. The van der Waals surface area contributed by atoms with Gasteiger partial charge in [-0.1, -0.05) is 28.6 Å². The lowest BCUT2D eigenvalue weighted by atomic mass is 9.96. The summed E-state index contributed by atoms with van der Waals surface area (Å²) < 4.78 is 18.4. The Bertz CT molecular complexity index is 1160. The number of halogens is 1. The third kappa shape index (κ3) is 3.86. The highest BCUT2D eigenvalue weighted by Crippen LogP contribution is 2.48. The maximum atomic E-state index is 6.45. The van der Waals surface area contributed by atoms with Gasteiger partial charge in [-0.15, -0.1) is 0 Å². The monoisotopic (exact) mass is 490 g/mol. The van der Waals surface area contributed by atoms with E-state index in [-0.39, 0.29) is 12.3 Å². The third-order valence-corrected chi connectivity index (χ3v) is 6.20. The first-order valence-electron chi connectivity index (χ1n) is 10.5. The highest BCUT2D eigenvalue weighted by Gasteiger charge is 2.41. The molecule has 0 aromatic heterocycles. The molecule has 3 aromatic carbocycles. The third-order valence-electron chi connectivity index (χ3n) is 5.71. The van der Waals surface area contributed by atoms with Crippen molar-refractivity contribution in [2.24, 2.45) is 5.10 Å². The van der Waals surface area contributed by atoms with Gasteiger partial charge in [-0.2, -0.15) is 5.10 Å². The van der Waals surface area contributed by atoms with E-state index in [1.54, 1.807) is 13.2 Å². The molecule has 0 bridgehead atoms. The summed E-state index contributed by atoms with van der Waals surface area (Å²) in [5, 5.41) is 7.10. The molecule has 2 atom stereocenters. The van der Waals surface area contributed by atoms with E-state index in [9.17, 15) is 0 Å². The van der Waals surface area contributed by atoms with Crippen molar-refractivity contribution in [3.05, 3.63) is 101 Å². The van der Waals surface area contributed by atoms with Crippen molar-refractivity contribution in [1.29, 1.82) is 0 Å². The van der Waals surface area contributed by atoms with Crippen LogP contribution in [0.2, 0.25) is 0 Å². The number of nitrogens with zero attached hydrogens (tertiary/aromatic N) is 2. The molecule has 0 radical (unpaired) electrons. The molecule has 2 aliphatic heterocycles. The predicted molar refractivity (Wildman–Crippen MR) is 128 cm³/mol. The van der Waals surface area contributed by atoms with Crippen molar-refractivity contribution < 1.29 is 14.2 Å². The summed E-state index contributed by atoms with van der Waals surface area (Å²) in [6, 6.07) is 22.3. The van der Waals surface area contributed by atoms with Gasteiger partial charge in [0.15, 0.2) is 0 Å². The van der Waals surface area contributed by atoms with E-state index >= 15 is 0 Å². The van der Waals surface area contributed by atoms with Gasteiger partial charge >= 0.3 is 0 Å². The molecule has 0 fully saturated rings. The Morgan fingerprint density at radius 1 is 1.09 bits per heavy atom. The molecule has 0 N–H and O–H groups in total. The Balaban J connectivity index is 1.51. The first kappa shape index (κ1) is 20.6. The van der Waals surface area contributed by atoms with Gasteiger partial charge in [0.2, 0.25) is 6.23 Å². The zero-order valence-corrected chi connectivity index (χ0v) is 19.3. The van der Waals surface area contributed by atoms with Gasteiger partial charge in [0.05, 0.1) is 18.9 Å². The molecule has 5 rings (SSSR count). The van der Waals surface area contributed by atoms with E-state index in [1.165, 1.54) is 0 Å². The molecule has 0 saturated carbocycles. The number of hydrogen-bond acceptors (Lipinski definition) is 5. The van der Waals surface area contributed by atoms with Crippen LogP contribution in [0, 0.1) is 0 Å². The first-order valence-corrected chi connectivity index (χ1v) is 11.3. The zero-order valence-electron chi connectivity index (χ0n) is 17.7. The van der Waals surface area contributed by atoms with Crippen LogP contribution >= 0.6 is 15.9 Å². The minimum atomic E-state index is -0.321. The minimum Gasteiger partial charge on any atom is -0.497 e. The number of fused-ring (bicyclic) bond motifs is 3. The summed E-state index contributed by atoms with van der Waals surface area (Å²) >= 11 is 3.61. The van der Waals surface area contributed by atoms with E-state index in [4.69, 9.17) is 19.3 Å². The number of rotatable bonds is 6. The molecule has 32 heavy (non-hydrogen) atoms. The van der Waals surface area contributed by atoms with Gasteiger partial charge < -0.3 is 14.2 Å². The van der Waals surface area contributed by atoms with Gasteiger partial charge in [-0.05, 0) is 72.3 Å². The van der Waals surface area contributed by atoms with E-state index in [0.717, 1.165) is 50.5 Å². The first-order chi connectivity index (χ1) is 15.7. The van der Waals surface area contributed by atoms with Gasteiger partial charge in [0, 0.05) is 22.0 Å². The van der Waals surface area contributed by atoms with Gasteiger partial charge in [0.25, 0.3) is 0 Å². The van der Waals surface area contributed by atoms with Crippen LogP contribution in [-0.4, -0.2) is 24.4 Å². The number of ether oxygens (including phenoxy) is 3. The van der Waals surface area contributed by atoms with Crippen LogP contribution in [0.15, 0.2) is 89.0 Å². The van der Waals surface area contributed by atoms with Gasteiger partial charge in [-0.25, -0.2) is 5.01 Å². The summed E-state index contributed by atoms with van der Waals surface area (Å²) in [6.07, 6.45) is 2.21. The summed E-state index contributed by atoms with van der Waals surface area (Å²) in [5.74, 6) is 2.52. The Morgan fingerprint density at radius 2 is 1.84 bits per heavy atom. The van der Waals surface area contributed by atoms with Crippen LogP contribution in [0.1, 0.15) is 35.4 Å².